The fraction of sp³-hybridized carbons (Fsp3) is 0. The SMILES string of the molecule is c1ccc([Si]2(c3ccccc3)c3ccccc3N(c3cnccc3-c3ccncc3)c3ccccc32)cc1. The first-order valence-corrected chi connectivity index (χ1v) is 14.8. The summed E-state index contributed by atoms with van der Waals surface area (Å²) in [6, 6.07) is 46.3. The Bertz CT molecular complexity index is 1630. The second-order valence-corrected chi connectivity index (χ2v) is 13.2. The number of para-hydroxylation sites is 2. The van der Waals surface area contributed by atoms with Crippen molar-refractivity contribution in [3.8, 4) is 11.1 Å². The third-order valence-electron chi connectivity index (χ3n) is 7.54. The number of aromatic nitrogens is 2. The Morgan fingerprint density at radius 1 is 0.447 bits per heavy atom. The van der Waals surface area contributed by atoms with Crippen LogP contribution >= 0.6 is 0 Å². The van der Waals surface area contributed by atoms with Gasteiger partial charge in [-0.1, -0.05) is 97.1 Å². The third kappa shape index (κ3) is 3.35. The van der Waals surface area contributed by atoms with Crippen LogP contribution in [0.25, 0.3) is 11.1 Å². The maximum atomic E-state index is 4.60. The molecule has 0 aliphatic carbocycles. The fourth-order valence-electron chi connectivity index (χ4n) is 6.01. The second kappa shape index (κ2) is 9.25. The van der Waals surface area contributed by atoms with Crippen molar-refractivity contribution in [2.24, 2.45) is 0 Å². The van der Waals surface area contributed by atoms with E-state index in [1.165, 1.54) is 32.1 Å². The van der Waals surface area contributed by atoms with Crippen molar-refractivity contribution in [1.29, 1.82) is 0 Å². The third-order valence-corrected chi connectivity index (χ3v) is 12.4. The van der Waals surface area contributed by atoms with E-state index in [4.69, 9.17) is 0 Å². The Morgan fingerprint density at radius 3 is 1.53 bits per heavy atom. The van der Waals surface area contributed by atoms with Crippen LogP contribution in [0.5, 0.6) is 0 Å². The summed E-state index contributed by atoms with van der Waals surface area (Å²) in [5.74, 6) is 0. The predicted molar refractivity (Wildman–Crippen MR) is 159 cm³/mol. The van der Waals surface area contributed by atoms with Crippen LogP contribution < -0.4 is 25.6 Å². The molecule has 0 amide bonds. The van der Waals surface area contributed by atoms with E-state index in [0.717, 1.165) is 16.8 Å². The number of hydrogen-bond donors (Lipinski definition) is 0. The number of pyridine rings is 2. The Hall–Kier alpha value is -4.80. The largest absolute Gasteiger partial charge is 0.308 e. The molecule has 6 aromatic rings. The van der Waals surface area contributed by atoms with Crippen LogP contribution in [-0.2, 0) is 0 Å². The predicted octanol–water partition coefficient (Wildman–Crippen LogP) is 5.30. The molecule has 2 aromatic heterocycles. The van der Waals surface area contributed by atoms with Crippen molar-refractivity contribution in [1.82, 2.24) is 9.97 Å². The van der Waals surface area contributed by atoms with E-state index >= 15 is 0 Å². The minimum absolute atomic E-state index is 1.06. The lowest BCUT2D eigenvalue weighted by atomic mass is 10.0. The zero-order valence-electron chi connectivity index (χ0n) is 20.8. The van der Waals surface area contributed by atoms with Gasteiger partial charge in [-0.25, -0.2) is 0 Å². The molecule has 180 valence electrons. The minimum atomic E-state index is -2.62. The monoisotopic (exact) mass is 503 g/mol. The standard InChI is InChI=1S/C34H25N3Si/c1-3-11-27(12-4-1)38(28-13-5-2-6-14-28)33-17-9-7-15-30(33)37(31-16-8-10-18-34(31)38)32-25-36-24-21-29(32)26-19-22-35-23-20-26/h1-25H. The maximum Gasteiger partial charge on any atom is 0.184 e. The van der Waals surface area contributed by atoms with Gasteiger partial charge in [-0.05, 0) is 56.6 Å². The Kier molecular flexibility index (Phi) is 5.45. The highest BCUT2D eigenvalue weighted by Gasteiger charge is 2.48. The van der Waals surface area contributed by atoms with E-state index < -0.39 is 8.07 Å². The van der Waals surface area contributed by atoms with Gasteiger partial charge in [0.25, 0.3) is 0 Å². The molecule has 1 aliphatic rings. The Balaban J connectivity index is 1.60. The summed E-state index contributed by atoms with van der Waals surface area (Å²) < 4.78 is 0. The Labute approximate surface area is 223 Å². The first kappa shape index (κ1) is 22.4. The summed E-state index contributed by atoms with van der Waals surface area (Å²) in [4.78, 5) is 11.3. The van der Waals surface area contributed by atoms with Crippen LogP contribution in [0.3, 0.4) is 0 Å². The van der Waals surface area contributed by atoms with Gasteiger partial charge in [0.2, 0.25) is 0 Å². The van der Waals surface area contributed by atoms with Gasteiger partial charge >= 0.3 is 0 Å². The first-order chi connectivity index (χ1) is 18.9. The van der Waals surface area contributed by atoms with Gasteiger partial charge in [0, 0.05) is 35.5 Å². The topological polar surface area (TPSA) is 29.0 Å². The van der Waals surface area contributed by atoms with Crippen molar-refractivity contribution in [2.45, 2.75) is 0 Å². The van der Waals surface area contributed by atoms with Crippen LogP contribution in [0.1, 0.15) is 0 Å². The molecular weight excluding hydrogens is 478 g/mol. The van der Waals surface area contributed by atoms with Crippen molar-refractivity contribution < 1.29 is 0 Å². The molecule has 0 atom stereocenters. The lowest BCUT2D eigenvalue weighted by molar-refractivity contribution is 1.23. The van der Waals surface area contributed by atoms with Crippen LogP contribution in [0.15, 0.2) is 152 Å². The van der Waals surface area contributed by atoms with Gasteiger partial charge in [-0.2, -0.15) is 0 Å². The molecule has 0 N–H and O–H groups in total. The minimum Gasteiger partial charge on any atom is -0.308 e. The zero-order chi connectivity index (χ0) is 25.4. The van der Waals surface area contributed by atoms with Gasteiger partial charge < -0.3 is 4.90 Å². The quantitative estimate of drug-likeness (QED) is 0.305. The summed E-state index contributed by atoms with van der Waals surface area (Å²) in [6.45, 7) is 0. The molecule has 0 fully saturated rings. The molecule has 0 radical (unpaired) electrons. The van der Waals surface area contributed by atoms with Gasteiger partial charge in [-0.3, -0.25) is 9.97 Å². The number of nitrogens with zero attached hydrogens (tertiary/aromatic N) is 3. The van der Waals surface area contributed by atoms with Crippen LogP contribution in [0.4, 0.5) is 17.1 Å². The summed E-state index contributed by atoms with van der Waals surface area (Å²) in [5.41, 5.74) is 5.71. The number of benzene rings is 4. The molecule has 38 heavy (non-hydrogen) atoms. The highest BCUT2D eigenvalue weighted by atomic mass is 28.3. The first-order valence-electron chi connectivity index (χ1n) is 12.8. The summed E-state index contributed by atoms with van der Waals surface area (Å²) in [6.07, 6.45) is 7.55. The van der Waals surface area contributed by atoms with Crippen LogP contribution in [0, 0.1) is 0 Å². The fourth-order valence-corrected chi connectivity index (χ4v) is 11.1. The number of anilines is 3. The summed E-state index contributed by atoms with van der Waals surface area (Å²) >= 11 is 0. The highest BCUT2D eigenvalue weighted by Crippen LogP contribution is 2.42. The molecule has 0 saturated heterocycles. The van der Waals surface area contributed by atoms with Crippen molar-refractivity contribution in [3.63, 3.8) is 0 Å². The van der Waals surface area contributed by atoms with E-state index in [2.05, 4.69) is 142 Å². The molecule has 3 heterocycles. The van der Waals surface area contributed by atoms with Crippen LogP contribution in [0.2, 0.25) is 0 Å². The molecular formula is C34H25N3Si. The number of hydrogen-bond acceptors (Lipinski definition) is 3. The van der Waals surface area contributed by atoms with E-state index in [-0.39, 0.29) is 0 Å². The smallest absolute Gasteiger partial charge is 0.184 e. The normalized spacial score (nSPS) is 13.4. The summed E-state index contributed by atoms with van der Waals surface area (Å²) in [7, 11) is -2.62. The molecule has 4 aromatic carbocycles. The molecule has 0 saturated carbocycles. The average Bonchev–Trinajstić information content (AvgIpc) is 3.01. The lowest BCUT2D eigenvalue weighted by Gasteiger charge is -2.45. The Morgan fingerprint density at radius 2 is 0.947 bits per heavy atom. The van der Waals surface area contributed by atoms with Gasteiger partial charge in [-0.15, -0.1) is 0 Å². The number of fused-ring (bicyclic) bond motifs is 2. The molecule has 0 spiro atoms. The highest BCUT2D eigenvalue weighted by molar-refractivity contribution is 7.21. The molecule has 3 nitrogen and oxygen atoms in total. The molecule has 0 unspecified atom stereocenters. The summed E-state index contributed by atoms with van der Waals surface area (Å²) in [5, 5.41) is 5.51. The molecule has 1 aliphatic heterocycles. The number of rotatable bonds is 4. The van der Waals surface area contributed by atoms with Crippen LogP contribution in [-0.4, -0.2) is 18.0 Å². The molecule has 7 rings (SSSR count). The van der Waals surface area contributed by atoms with Crippen molar-refractivity contribution >= 4 is 45.9 Å². The van der Waals surface area contributed by atoms with E-state index in [1.54, 1.807) is 0 Å². The second-order valence-electron chi connectivity index (χ2n) is 9.48. The molecule has 4 heteroatoms. The maximum absolute atomic E-state index is 4.60. The van der Waals surface area contributed by atoms with E-state index in [0.29, 0.717) is 0 Å². The van der Waals surface area contributed by atoms with Crippen molar-refractivity contribution in [2.75, 3.05) is 4.90 Å². The van der Waals surface area contributed by atoms with Gasteiger partial charge in [0.15, 0.2) is 8.07 Å². The van der Waals surface area contributed by atoms with Gasteiger partial charge in [0.1, 0.15) is 0 Å². The van der Waals surface area contributed by atoms with E-state index in [1.807, 2.05) is 24.8 Å². The van der Waals surface area contributed by atoms with Crippen molar-refractivity contribution in [3.05, 3.63) is 152 Å². The zero-order valence-corrected chi connectivity index (χ0v) is 21.8. The molecule has 0 bridgehead atoms. The average molecular weight is 504 g/mol. The van der Waals surface area contributed by atoms with E-state index in [9.17, 15) is 0 Å². The lowest BCUT2D eigenvalue weighted by Crippen LogP contribution is -2.77. The van der Waals surface area contributed by atoms with Gasteiger partial charge in [0.05, 0.1) is 11.9 Å².